The van der Waals surface area contributed by atoms with E-state index >= 15 is 0 Å². The van der Waals surface area contributed by atoms with Crippen molar-refractivity contribution in [2.24, 2.45) is 0 Å². The van der Waals surface area contributed by atoms with Crippen molar-refractivity contribution in [2.75, 3.05) is 0 Å². The van der Waals surface area contributed by atoms with Gasteiger partial charge in [0, 0.05) is 0 Å². The third kappa shape index (κ3) is 0.816. The van der Waals surface area contributed by atoms with E-state index in [2.05, 4.69) is 4.74 Å². The Labute approximate surface area is 47.3 Å². The van der Waals surface area contributed by atoms with Gasteiger partial charge in [-0.2, -0.15) is 0 Å². The molecule has 0 bridgehead atoms. The summed E-state index contributed by atoms with van der Waals surface area (Å²) in [5.41, 5.74) is 0. The zero-order valence-corrected chi connectivity index (χ0v) is 4.63. The summed E-state index contributed by atoms with van der Waals surface area (Å²) in [4.78, 5) is 10.3. The van der Waals surface area contributed by atoms with Gasteiger partial charge in [0.25, 0.3) is 0 Å². The highest BCUT2D eigenvalue weighted by molar-refractivity contribution is 5.72. The lowest BCUT2D eigenvalue weighted by Crippen LogP contribution is -2.15. The van der Waals surface area contributed by atoms with Crippen LogP contribution < -0.4 is 0 Å². The van der Waals surface area contributed by atoms with Crippen LogP contribution >= 0.6 is 0 Å². The van der Waals surface area contributed by atoms with Gasteiger partial charge >= 0.3 is 5.97 Å². The Morgan fingerprint density at radius 2 is 2.50 bits per heavy atom. The molecule has 0 aliphatic carbocycles. The van der Waals surface area contributed by atoms with Crippen LogP contribution in [0.2, 0.25) is 0 Å². The van der Waals surface area contributed by atoms with Crippen molar-refractivity contribution in [3.8, 4) is 0 Å². The van der Waals surface area contributed by atoms with Crippen molar-refractivity contribution in [2.45, 2.75) is 25.6 Å². The van der Waals surface area contributed by atoms with Crippen LogP contribution in [-0.4, -0.2) is 23.3 Å². The molecule has 1 aliphatic heterocycles. The lowest BCUT2D eigenvalue weighted by Gasteiger charge is -2.02. The third-order valence-electron chi connectivity index (χ3n) is 1.23. The zero-order chi connectivity index (χ0) is 6.15. The second-order valence-corrected chi connectivity index (χ2v) is 1.97. The van der Waals surface area contributed by atoms with Gasteiger partial charge in [0.1, 0.15) is 12.2 Å². The van der Waals surface area contributed by atoms with E-state index in [-0.39, 0.29) is 18.5 Å². The highest BCUT2D eigenvalue weighted by atomic mass is 16.6. The number of esters is 1. The molecular weight excluding hydrogens is 108 g/mol. The molecule has 0 saturated carbocycles. The molecule has 2 atom stereocenters. The van der Waals surface area contributed by atoms with Gasteiger partial charge in [-0.05, 0) is 6.92 Å². The predicted octanol–water partition coefficient (Wildman–Crippen LogP) is -0.317. The summed E-state index contributed by atoms with van der Waals surface area (Å²) in [5, 5.41) is 8.82. The quantitative estimate of drug-likeness (QED) is 0.441. The summed E-state index contributed by atoms with van der Waals surface area (Å²) < 4.78 is 4.58. The van der Waals surface area contributed by atoms with E-state index in [4.69, 9.17) is 5.11 Å². The number of hydrogen-bond donors (Lipinski definition) is 1. The lowest BCUT2D eigenvalue weighted by atomic mass is 10.2. The van der Waals surface area contributed by atoms with Gasteiger partial charge in [-0.3, -0.25) is 4.79 Å². The zero-order valence-electron chi connectivity index (χ0n) is 4.63. The first-order valence-electron chi connectivity index (χ1n) is 2.57. The molecule has 46 valence electrons. The largest absolute Gasteiger partial charge is 0.460 e. The van der Waals surface area contributed by atoms with Gasteiger partial charge in [-0.1, -0.05) is 0 Å². The minimum atomic E-state index is -0.581. The number of aliphatic hydroxyl groups excluding tert-OH is 1. The average Bonchev–Trinajstić information content (AvgIpc) is 1.85. The fraction of sp³-hybridized carbons (Fsp3) is 0.800. The minimum Gasteiger partial charge on any atom is -0.460 e. The highest BCUT2D eigenvalue weighted by Crippen LogP contribution is 2.12. The first-order chi connectivity index (χ1) is 3.70. The lowest BCUT2D eigenvalue weighted by molar-refractivity contribution is -0.141. The molecule has 0 amide bonds. The molecular formula is C5H8O3. The number of carbonyl (C=O) groups excluding carboxylic acids is 1. The van der Waals surface area contributed by atoms with Crippen molar-refractivity contribution in [3.63, 3.8) is 0 Å². The molecule has 1 N–H and O–H groups in total. The Bertz CT molecular complexity index is 98.2. The maximum absolute atomic E-state index is 10.3. The normalized spacial score (nSPS) is 37.5. The van der Waals surface area contributed by atoms with Crippen molar-refractivity contribution in [1.29, 1.82) is 0 Å². The third-order valence-corrected chi connectivity index (χ3v) is 1.23. The Morgan fingerprint density at radius 1 is 1.88 bits per heavy atom. The second-order valence-electron chi connectivity index (χ2n) is 1.97. The first-order valence-corrected chi connectivity index (χ1v) is 2.57. The number of carbonyl (C=O) groups is 1. The maximum atomic E-state index is 10.3. The maximum Gasteiger partial charge on any atom is 0.308 e. The van der Waals surface area contributed by atoms with Gasteiger partial charge in [-0.15, -0.1) is 0 Å². The summed E-state index contributed by atoms with van der Waals surface area (Å²) in [7, 11) is 0. The summed E-state index contributed by atoms with van der Waals surface area (Å²) in [6.07, 6.45) is -0.730. The van der Waals surface area contributed by atoms with Gasteiger partial charge < -0.3 is 9.84 Å². The Kier molecular flexibility index (Phi) is 1.21. The van der Waals surface area contributed by atoms with E-state index in [0.29, 0.717) is 0 Å². The summed E-state index contributed by atoms with van der Waals surface area (Å²) in [6, 6.07) is 0. The van der Waals surface area contributed by atoms with Crippen molar-refractivity contribution in [1.82, 2.24) is 0 Å². The molecule has 0 radical (unpaired) electrons. The molecule has 0 aromatic heterocycles. The van der Waals surface area contributed by atoms with E-state index in [1.165, 1.54) is 0 Å². The fourth-order valence-corrected chi connectivity index (χ4v) is 0.671. The Hall–Kier alpha value is -0.570. The smallest absolute Gasteiger partial charge is 0.308 e. The Morgan fingerprint density at radius 3 is 2.62 bits per heavy atom. The van der Waals surface area contributed by atoms with E-state index in [1.807, 2.05) is 0 Å². The van der Waals surface area contributed by atoms with Gasteiger partial charge in [0.05, 0.1) is 6.42 Å². The molecule has 1 fully saturated rings. The van der Waals surface area contributed by atoms with Crippen LogP contribution in [0.5, 0.6) is 0 Å². The standard InChI is InChI=1S/C5H8O3/c1-3-4(6)2-5(7)8-3/h3-4,6H,2H2,1H3/t3-,4-/m1/s1. The van der Waals surface area contributed by atoms with Crippen molar-refractivity contribution in [3.05, 3.63) is 0 Å². The fourth-order valence-electron chi connectivity index (χ4n) is 0.671. The molecule has 1 aliphatic rings. The average molecular weight is 116 g/mol. The molecule has 8 heavy (non-hydrogen) atoms. The van der Waals surface area contributed by atoms with Crippen LogP contribution in [-0.2, 0) is 9.53 Å². The van der Waals surface area contributed by atoms with E-state index < -0.39 is 6.10 Å². The van der Waals surface area contributed by atoms with Crippen LogP contribution in [0.25, 0.3) is 0 Å². The molecule has 1 heterocycles. The van der Waals surface area contributed by atoms with Gasteiger partial charge in [0.2, 0.25) is 0 Å². The number of aliphatic hydroxyl groups is 1. The molecule has 0 aromatic carbocycles. The van der Waals surface area contributed by atoms with Crippen molar-refractivity contribution < 1.29 is 14.6 Å². The van der Waals surface area contributed by atoms with Crippen LogP contribution in [0.15, 0.2) is 0 Å². The van der Waals surface area contributed by atoms with Gasteiger partial charge in [-0.25, -0.2) is 0 Å². The molecule has 0 spiro atoms. The molecule has 0 unspecified atom stereocenters. The highest BCUT2D eigenvalue weighted by Gasteiger charge is 2.28. The monoisotopic (exact) mass is 116 g/mol. The van der Waals surface area contributed by atoms with Crippen LogP contribution in [0, 0.1) is 0 Å². The van der Waals surface area contributed by atoms with E-state index in [1.54, 1.807) is 6.92 Å². The van der Waals surface area contributed by atoms with Crippen LogP contribution in [0.1, 0.15) is 13.3 Å². The van der Waals surface area contributed by atoms with Crippen LogP contribution in [0.3, 0.4) is 0 Å². The topological polar surface area (TPSA) is 46.5 Å². The van der Waals surface area contributed by atoms with E-state index in [9.17, 15) is 4.79 Å². The summed E-state index contributed by atoms with van der Waals surface area (Å²) in [6.45, 7) is 1.68. The molecule has 3 nitrogen and oxygen atoms in total. The number of cyclic esters (lactones) is 1. The van der Waals surface area contributed by atoms with Crippen molar-refractivity contribution >= 4 is 5.97 Å². The molecule has 0 aromatic rings. The van der Waals surface area contributed by atoms with E-state index in [0.717, 1.165) is 0 Å². The number of hydrogen-bond acceptors (Lipinski definition) is 3. The number of rotatable bonds is 0. The Balaban J connectivity index is 2.51. The molecule has 1 rings (SSSR count). The van der Waals surface area contributed by atoms with Crippen LogP contribution in [0.4, 0.5) is 0 Å². The molecule has 1 saturated heterocycles. The summed E-state index contributed by atoms with van der Waals surface area (Å²) >= 11 is 0. The predicted molar refractivity (Wildman–Crippen MR) is 26.2 cm³/mol. The number of ether oxygens (including phenoxy) is 1. The summed E-state index contributed by atoms with van der Waals surface area (Å²) in [5.74, 6) is -0.301. The first kappa shape index (κ1) is 5.56. The molecule has 3 heteroatoms. The second kappa shape index (κ2) is 1.74. The SMILES string of the molecule is C[C@H]1OC(=O)C[C@H]1O. The minimum absolute atomic E-state index is 0.154. The van der Waals surface area contributed by atoms with Gasteiger partial charge in [0.15, 0.2) is 0 Å².